The summed E-state index contributed by atoms with van der Waals surface area (Å²) in [5, 5.41) is 7.62. The summed E-state index contributed by atoms with van der Waals surface area (Å²) in [5.74, 6) is -0.264. The van der Waals surface area contributed by atoms with E-state index in [2.05, 4.69) is 20.5 Å². The van der Waals surface area contributed by atoms with Crippen molar-refractivity contribution >= 4 is 51.6 Å². The quantitative estimate of drug-likeness (QED) is 0.548. The number of nitrogens with one attached hydrogen (secondary N) is 3. The number of hydrogen-bond donors (Lipinski definition) is 3. The van der Waals surface area contributed by atoms with Crippen LogP contribution in [0.5, 0.6) is 0 Å². The molecule has 1 aromatic heterocycles. The van der Waals surface area contributed by atoms with Crippen molar-refractivity contribution in [3.05, 3.63) is 64.3 Å². The molecule has 1 saturated heterocycles. The highest BCUT2D eigenvalue weighted by Gasteiger charge is 2.24. The predicted octanol–water partition coefficient (Wildman–Crippen LogP) is 4.31. The number of likely N-dealkylation sites (tertiary alicyclic amines) is 1. The average Bonchev–Trinajstić information content (AvgIpc) is 3.06. The minimum Gasteiger partial charge on any atom is -0.349 e. The first kappa shape index (κ1) is 20.7. The Bertz CT molecular complexity index is 1060. The van der Waals surface area contributed by atoms with Crippen LogP contribution in [-0.4, -0.2) is 47.4 Å². The molecule has 3 aromatic rings. The maximum atomic E-state index is 12.7. The van der Waals surface area contributed by atoms with Crippen molar-refractivity contribution in [2.45, 2.75) is 18.9 Å². The van der Waals surface area contributed by atoms with E-state index in [1.54, 1.807) is 18.2 Å². The van der Waals surface area contributed by atoms with Crippen LogP contribution in [0.3, 0.4) is 0 Å². The second kappa shape index (κ2) is 9.08. The minimum atomic E-state index is -0.229. The fraction of sp³-hybridized carbons (Fsp3) is 0.273. The number of halogens is 2. The fourth-order valence-corrected chi connectivity index (χ4v) is 4.17. The lowest BCUT2D eigenvalue weighted by atomic mass is 10.0. The summed E-state index contributed by atoms with van der Waals surface area (Å²) in [7, 11) is 0. The number of nitrogens with zero attached hydrogens (tertiary/aromatic N) is 1. The van der Waals surface area contributed by atoms with Gasteiger partial charge in [-0.1, -0.05) is 41.4 Å². The molecule has 2 aromatic carbocycles. The molecule has 156 valence electrons. The smallest absolute Gasteiger partial charge is 0.269 e. The molecule has 0 spiro atoms. The SMILES string of the molecule is O=C(CN1CCC(NC(=O)c2[nH]c3ccc(Cl)cc3c2Cl)CC1)Nc1ccccc1. The van der Waals surface area contributed by atoms with E-state index >= 15 is 0 Å². The summed E-state index contributed by atoms with van der Waals surface area (Å²) >= 11 is 12.4. The number of rotatable bonds is 5. The van der Waals surface area contributed by atoms with Crippen LogP contribution in [0.4, 0.5) is 5.69 Å². The lowest BCUT2D eigenvalue weighted by molar-refractivity contribution is -0.117. The zero-order valence-electron chi connectivity index (χ0n) is 16.3. The van der Waals surface area contributed by atoms with Crippen molar-refractivity contribution in [3.8, 4) is 0 Å². The molecule has 0 saturated carbocycles. The average molecular weight is 445 g/mol. The van der Waals surface area contributed by atoms with Gasteiger partial charge in [0.1, 0.15) is 5.69 Å². The van der Waals surface area contributed by atoms with Crippen LogP contribution in [0.25, 0.3) is 10.9 Å². The van der Waals surface area contributed by atoms with E-state index in [9.17, 15) is 9.59 Å². The summed E-state index contributed by atoms with van der Waals surface area (Å²) < 4.78 is 0. The number of carbonyl (C=O) groups is 2. The number of anilines is 1. The second-order valence-corrected chi connectivity index (χ2v) is 8.26. The summed E-state index contributed by atoms with van der Waals surface area (Å²) in [6, 6.07) is 14.7. The molecule has 1 aliphatic heterocycles. The lowest BCUT2D eigenvalue weighted by Gasteiger charge is -2.31. The van der Waals surface area contributed by atoms with Crippen LogP contribution < -0.4 is 10.6 Å². The van der Waals surface area contributed by atoms with Crippen LogP contribution in [0, 0.1) is 0 Å². The molecule has 8 heteroatoms. The number of para-hydroxylation sites is 1. The van der Waals surface area contributed by atoms with Gasteiger partial charge >= 0.3 is 0 Å². The van der Waals surface area contributed by atoms with Gasteiger partial charge in [0, 0.05) is 40.7 Å². The molecule has 2 heterocycles. The van der Waals surface area contributed by atoms with Gasteiger partial charge in [-0.3, -0.25) is 14.5 Å². The molecule has 1 fully saturated rings. The number of benzene rings is 2. The maximum Gasteiger partial charge on any atom is 0.269 e. The van der Waals surface area contributed by atoms with Gasteiger partial charge in [0.2, 0.25) is 5.91 Å². The van der Waals surface area contributed by atoms with Crippen LogP contribution in [0.15, 0.2) is 48.5 Å². The third-order valence-corrected chi connectivity index (χ3v) is 5.90. The maximum absolute atomic E-state index is 12.7. The third kappa shape index (κ3) is 4.78. The van der Waals surface area contributed by atoms with E-state index in [0.29, 0.717) is 22.3 Å². The molecule has 0 bridgehead atoms. The highest BCUT2D eigenvalue weighted by molar-refractivity contribution is 6.39. The number of hydrogen-bond acceptors (Lipinski definition) is 3. The number of H-pyrrole nitrogens is 1. The van der Waals surface area contributed by atoms with E-state index in [1.165, 1.54) is 0 Å². The second-order valence-electron chi connectivity index (χ2n) is 7.44. The van der Waals surface area contributed by atoms with Crippen molar-refractivity contribution in [1.82, 2.24) is 15.2 Å². The topological polar surface area (TPSA) is 77.2 Å². The molecule has 1 aliphatic rings. The Hall–Kier alpha value is -2.54. The van der Waals surface area contributed by atoms with Gasteiger partial charge in [0.25, 0.3) is 5.91 Å². The van der Waals surface area contributed by atoms with Gasteiger partial charge in [-0.2, -0.15) is 0 Å². The molecule has 0 radical (unpaired) electrons. The van der Waals surface area contributed by atoms with Crippen LogP contribution in [0.2, 0.25) is 10.0 Å². The first-order valence-corrected chi connectivity index (χ1v) is 10.6. The largest absolute Gasteiger partial charge is 0.349 e. The van der Waals surface area contributed by atoms with Crippen molar-refractivity contribution in [2.75, 3.05) is 25.0 Å². The van der Waals surface area contributed by atoms with Gasteiger partial charge in [0.15, 0.2) is 0 Å². The number of piperidine rings is 1. The summed E-state index contributed by atoms with van der Waals surface area (Å²) in [6.45, 7) is 1.82. The Labute approximate surface area is 184 Å². The van der Waals surface area contributed by atoms with Crippen molar-refractivity contribution in [3.63, 3.8) is 0 Å². The fourth-order valence-electron chi connectivity index (χ4n) is 3.71. The van der Waals surface area contributed by atoms with E-state index in [0.717, 1.165) is 42.5 Å². The number of fused-ring (bicyclic) bond motifs is 1. The molecule has 0 aliphatic carbocycles. The van der Waals surface area contributed by atoms with Crippen LogP contribution in [-0.2, 0) is 4.79 Å². The molecule has 6 nitrogen and oxygen atoms in total. The van der Waals surface area contributed by atoms with Crippen molar-refractivity contribution in [2.24, 2.45) is 0 Å². The third-order valence-electron chi connectivity index (χ3n) is 5.27. The van der Waals surface area contributed by atoms with E-state index in [4.69, 9.17) is 23.2 Å². The van der Waals surface area contributed by atoms with Gasteiger partial charge in [0.05, 0.1) is 11.6 Å². The van der Waals surface area contributed by atoms with Gasteiger partial charge in [-0.15, -0.1) is 0 Å². The Morgan fingerprint density at radius 3 is 2.53 bits per heavy atom. The number of amides is 2. The van der Waals surface area contributed by atoms with E-state index in [1.807, 2.05) is 30.3 Å². The standard InChI is InChI=1S/C22H22Cl2N4O2/c23-14-6-7-18-17(12-14)20(24)21(27-18)22(30)26-16-8-10-28(11-9-16)13-19(29)25-15-4-2-1-3-5-15/h1-7,12,16,27H,8-11,13H2,(H,25,29)(H,26,30). The van der Waals surface area contributed by atoms with Crippen molar-refractivity contribution in [1.29, 1.82) is 0 Å². The minimum absolute atomic E-state index is 0.0350. The van der Waals surface area contributed by atoms with E-state index in [-0.39, 0.29) is 17.9 Å². The molecule has 30 heavy (non-hydrogen) atoms. The molecular weight excluding hydrogens is 423 g/mol. The lowest BCUT2D eigenvalue weighted by Crippen LogP contribution is -2.46. The normalized spacial score (nSPS) is 15.3. The summed E-state index contributed by atoms with van der Waals surface area (Å²) in [6.07, 6.45) is 1.54. The highest BCUT2D eigenvalue weighted by atomic mass is 35.5. The Morgan fingerprint density at radius 2 is 1.80 bits per heavy atom. The predicted molar refractivity (Wildman–Crippen MR) is 120 cm³/mol. The van der Waals surface area contributed by atoms with Crippen LogP contribution in [0.1, 0.15) is 23.3 Å². The molecule has 3 N–H and O–H groups in total. The molecular formula is C22H22Cl2N4O2. The Morgan fingerprint density at radius 1 is 1.07 bits per heavy atom. The molecule has 0 unspecified atom stereocenters. The monoisotopic (exact) mass is 444 g/mol. The van der Waals surface area contributed by atoms with Gasteiger partial charge < -0.3 is 15.6 Å². The van der Waals surface area contributed by atoms with Crippen LogP contribution >= 0.6 is 23.2 Å². The van der Waals surface area contributed by atoms with Gasteiger partial charge in [-0.05, 0) is 43.2 Å². The zero-order chi connectivity index (χ0) is 21.1. The summed E-state index contributed by atoms with van der Waals surface area (Å²) in [5.41, 5.74) is 1.91. The molecule has 0 atom stereocenters. The number of carbonyl (C=O) groups excluding carboxylic acids is 2. The Kier molecular flexibility index (Phi) is 6.27. The molecule has 2 amide bonds. The Balaban J connectivity index is 1.29. The first-order valence-electron chi connectivity index (χ1n) is 9.84. The van der Waals surface area contributed by atoms with Crippen molar-refractivity contribution < 1.29 is 9.59 Å². The first-order chi connectivity index (χ1) is 14.5. The summed E-state index contributed by atoms with van der Waals surface area (Å²) in [4.78, 5) is 30.1. The highest BCUT2D eigenvalue weighted by Crippen LogP contribution is 2.29. The zero-order valence-corrected chi connectivity index (χ0v) is 17.8. The van der Waals surface area contributed by atoms with Gasteiger partial charge in [-0.25, -0.2) is 0 Å². The number of aromatic amines is 1. The van der Waals surface area contributed by atoms with E-state index < -0.39 is 0 Å². The number of aromatic nitrogens is 1. The molecule has 4 rings (SSSR count).